The van der Waals surface area contributed by atoms with Crippen molar-refractivity contribution < 1.29 is 8.42 Å². The molecule has 0 amide bonds. The summed E-state index contributed by atoms with van der Waals surface area (Å²) >= 11 is 0. The van der Waals surface area contributed by atoms with Crippen LogP contribution in [0.5, 0.6) is 0 Å². The van der Waals surface area contributed by atoms with Gasteiger partial charge in [-0.3, -0.25) is 4.72 Å². The average molecular weight is 314 g/mol. The Kier molecular flexibility index (Phi) is 4.25. The largest absolute Gasteiger partial charge is 0.280 e. The molecule has 0 aliphatic heterocycles. The van der Waals surface area contributed by atoms with E-state index in [1.165, 1.54) is 24.3 Å². The van der Waals surface area contributed by atoms with Gasteiger partial charge in [0, 0.05) is 5.69 Å². The number of sulfonamides is 1. The average Bonchev–Trinajstić information content (AvgIpc) is 2.46. The molecule has 0 fully saturated rings. The highest BCUT2D eigenvalue weighted by Gasteiger charge is 2.17. The van der Waals surface area contributed by atoms with Crippen molar-refractivity contribution in [3.05, 3.63) is 59.7 Å². The van der Waals surface area contributed by atoms with Crippen molar-refractivity contribution in [3.63, 3.8) is 0 Å². The smallest absolute Gasteiger partial charge is 0.261 e. The Labute approximate surface area is 131 Å². The molecule has 0 atom stereocenters. The molecule has 0 spiro atoms. The Balaban J connectivity index is 2.31. The Morgan fingerprint density at radius 3 is 2.23 bits per heavy atom. The predicted octanol–water partition coefficient (Wildman–Crippen LogP) is 3.66. The van der Waals surface area contributed by atoms with Gasteiger partial charge in [0.2, 0.25) is 0 Å². The van der Waals surface area contributed by atoms with Crippen molar-refractivity contribution >= 4 is 15.7 Å². The molecule has 0 saturated carbocycles. The van der Waals surface area contributed by atoms with Gasteiger partial charge < -0.3 is 0 Å². The lowest BCUT2D eigenvalue weighted by Crippen LogP contribution is -2.15. The van der Waals surface area contributed by atoms with Crippen LogP contribution in [0.1, 0.15) is 31.9 Å². The molecule has 1 N–H and O–H groups in total. The number of hydrogen-bond acceptors (Lipinski definition) is 3. The van der Waals surface area contributed by atoms with Crippen molar-refractivity contribution in [3.8, 4) is 6.07 Å². The first kappa shape index (κ1) is 16.1. The van der Waals surface area contributed by atoms with Crippen LogP contribution in [0.2, 0.25) is 0 Å². The van der Waals surface area contributed by atoms with Crippen molar-refractivity contribution in [2.24, 2.45) is 0 Å². The summed E-state index contributed by atoms with van der Waals surface area (Å²) in [4.78, 5) is 0.132. The molecule has 4 nitrogen and oxygen atoms in total. The maximum atomic E-state index is 12.4. The molecule has 2 aromatic rings. The first-order valence-corrected chi connectivity index (χ1v) is 8.34. The fourth-order valence-corrected chi connectivity index (χ4v) is 3.02. The van der Waals surface area contributed by atoms with E-state index in [1.54, 1.807) is 6.07 Å². The van der Waals surface area contributed by atoms with E-state index in [1.807, 2.05) is 24.3 Å². The lowest BCUT2D eigenvalue weighted by atomic mass is 9.87. The summed E-state index contributed by atoms with van der Waals surface area (Å²) < 4.78 is 27.3. The van der Waals surface area contributed by atoms with Crippen LogP contribution in [-0.2, 0) is 15.4 Å². The van der Waals surface area contributed by atoms with Crippen molar-refractivity contribution in [2.75, 3.05) is 4.72 Å². The first-order chi connectivity index (χ1) is 10.2. The van der Waals surface area contributed by atoms with Crippen molar-refractivity contribution in [1.82, 2.24) is 0 Å². The number of hydrogen-bond donors (Lipinski definition) is 1. The molecule has 114 valence electrons. The van der Waals surface area contributed by atoms with Gasteiger partial charge in [0.15, 0.2) is 0 Å². The lowest BCUT2D eigenvalue weighted by molar-refractivity contribution is 0.590. The number of nitriles is 1. The monoisotopic (exact) mass is 314 g/mol. The minimum absolute atomic E-state index is 0.0596. The SMILES string of the molecule is CC(C)(C)c1cccc(NS(=O)(=O)c2ccc(C#N)cc2)c1. The molecule has 5 heteroatoms. The lowest BCUT2D eigenvalue weighted by Gasteiger charge is -2.20. The Hall–Kier alpha value is -2.32. The molecular formula is C17H18N2O2S. The fraction of sp³-hybridized carbons (Fsp3) is 0.235. The maximum Gasteiger partial charge on any atom is 0.261 e. The van der Waals surface area contributed by atoms with Gasteiger partial charge in [-0.2, -0.15) is 5.26 Å². The quantitative estimate of drug-likeness (QED) is 0.940. The molecule has 2 aromatic carbocycles. The van der Waals surface area contributed by atoms with Crippen LogP contribution in [0.4, 0.5) is 5.69 Å². The molecule has 0 unspecified atom stereocenters. The van der Waals surface area contributed by atoms with Gasteiger partial charge >= 0.3 is 0 Å². The molecule has 0 aliphatic carbocycles. The molecule has 0 heterocycles. The summed E-state index contributed by atoms with van der Waals surface area (Å²) in [5.41, 5.74) is 1.94. The van der Waals surface area contributed by atoms with E-state index in [9.17, 15) is 8.42 Å². The van der Waals surface area contributed by atoms with Gasteiger partial charge in [0.05, 0.1) is 16.5 Å². The van der Waals surface area contributed by atoms with Crippen LogP contribution in [-0.4, -0.2) is 8.42 Å². The summed E-state index contributed by atoms with van der Waals surface area (Å²) in [6.07, 6.45) is 0. The molecule has 22 heavy (non-hydrogen) atoms. The summed E-state index contributed by atoms with van der Waals surface area (Å²) in [5.74, 6) is 0. The summed E-state index contributed by atoms with van der Waals surface area (Å²) in [5, 5.41) is 8.76. The summed E-state index contributed by atoms with van der Waals surface area (Å²) in [6.45, 7) is 6.21. The molecular weight excluding hydrogens is 296 g/mol. The molecule has 0 aliphatic rings. The minimum Gasteiger partial charge on any atom is -0.280 e. The zero-order valence-corrected chi connectivity index (χ0v) is 13.6. The third kappa shape index (κ3) is 3.66. The highest BCUT2D eigenvalue weighted by atomic mass is 32.2. The summed E-state index contributed by atoms with van der Waals surface area (Å²) in [7, 11) is -3.66. The molecule has 2 rings (SSSR count). The van der Waals surface area contributed by atoms with Crippen LogP contribution in [0, 0.1) is 11.3 Å². The van der Waals surface area contributed by atoms with E-state index < -0.39 is 10.0 Å². The Morgan fingerprint density at radius 2 is 1.68 bits per heavy atom. The number of benzene rings is 2. The van der Waals surface area contributed by atoms with Gasteiger partial charge in [0.1, 0.15) is 0 Å². The molecule has 0 bridgehead atoms. The Morgan fingerprint density at radius 1 is 1.05 bits per heavy atom. The van der Waals surface area contributed by atoms with Gasteiger partial charge in [-0.05, 0) is 47.4 Å². The van der Waals surface area contributed by atoms with E-state index >= 15 is 0 Å². The number of anilines is 1. The van der Waals surface area contributed by atoms with E-state index in [0.29, 0.717) is 11.3 Å². The van der Waals surface area contributed by atoms with E-state index in [2.05, 4.69) is 25.5 Å². The highest BCUT2D eigenvalue weighted by molar-refractivity contribution is 7.92. The third-order valence-electron chi connectivity index (χ3n) is 3.27. The Bertz CT molecular complexity index is 811. The molecule has 0 radical (unpaired) electrons. The first-order valence-electron chi connectivity index (χ1n) is 6.86. The normalized spacial score (nSPS) is 11.7. The fourth-order valence-electron chi connectivity index (χ4n) is 1.97. The van der Waals surface area contributed by atoms with Crippen LogP contribution in [0.15, 0.2) is 53.4 Å². The van der Waals surface area contributed by atoms with Crippen molar-refractivity contribution in [1.29, 1.82) is 5.26 Å². The predicted molar refractivity (Wildman–Crippen MR) is 87.1 cm³/mol. The van der Waals surface area contributed by atoms with Crippen molar-refractivity contribution in [2.45, 2.75) is 31.1 Å². The van der Waals surface area contributed by atoms with E-state index in [-0.39, 0.29) is 10.3 Å². The van der Waals surface area contributed by atoms with Gasteiger partial charge in [-0.15, -0.1) is 0 Å². The second kappa shape index (κ2) is 5.82. The third-order valence-corrected chi connectivity index (χ3v) is 4.67. The van der Waals surface area contributed by atoms with Gasteiger partial charge in [0.25, 0.3) is 10.0 Å². The van der Waals surface area contributed by atoms with Crippen LogP contribution >= 0.6 is 0 Å². The van der Waals surface area contributed by atoms with Gasteiger partial charge in [-0.25, -0.2) is 8.42 Å². The standard InChI is InChI=1S/C17H18N2O2S/c1-17(2,3)14-5-4-6-15(11-14)19-22(20,21)16-9-7-13(12-18)8-10-16/h4-11,19H,1-3H3. The number of rotatable bonds is 3. The second-order valence-corrected chi connectivity index (χ2v) is 7.75. The summed E-state index contributed by atoms with van der Waals surface area (Å²) in [6, 6.07) is 15.1. The zero-order valence-electron chi connectivity index (χ0n) is 12.8. The molecule has 0 aromatic heterocycles. The van der Waals surface area contributed by atoms with Crippen LogP contribution in [0.25, 0.3) is 0 Å². The highest BCUT2D eigenvalue weighted by Crippen LogP contribution is 2.25. The zero-order chi connectivity index (χ0) is 16.4. The second-order valence-electron chi connectivity index (χ2n) is 6.07. The molecule has 0 saturated heterocycles. The van der Waals surface area contributed by atoms with Crippen LogP contribution < -0.4 is 4.72 Å². The number of nitrogens with one attached hydrogen (secondary N) is 1. The van der Waals surface area contributed by atoms with Gasteiger partial charge in [-0.1, -0.05) is 32.9 Å². The van der Waals surface area contributed by atoms with E-state index in [0.717, 1.165) is 5.56 Å². The minimum atomic E-state index is -3.66. The topological polar surface area (TPSA) is 70.0 Å². The van der Waals surface area contributed by atoms with Crippen LogP contribution in [0.3, 0.4) is 0 Å². The number of nitrogens with zero attached hydrogens (tertiary/aromatic N) is 1. The van der Waals surface area contributed by atoms with E-state index in [4.69, 9.17) is 5.26 Å². The maximum absolute atomic E-state index is 12.4.